The maximum atomic E-state index is 11.9. The highest BCUT2D eigenvalue weighted by Gasteiger charge is 2.32. The lowest BCUT2D eigenvalue weighted by Crippen LogP contribution is -2.45. The Hall–Kier alpha value is -1.43. The third kappa shape index (κ3) is 5.12. The second kappa shape index (κ2) is 7.54. The highest BCUT2D eigenvalue weighted by molar-refractivity contribution is 6.30. The van der Waals surface area contributed by atoms with Gasteiger partial charge in [-0.1, -0.05) is 25.4 Å². The van der Waals surface area contributed by atoms with E-state index in [-0.39, 0.29) is 25.4 Å². The van der Waals surface area contributed by atoms with Crippen LogP contribution in [0.3, 0.4) is 0 Å². The first-order valence-corrected chi connectivity index (χ1v) is 7.01. The summed E-state index contributed by atoms with van der Waals surface area (Å²) in [5.41, 5.74) is -0.408. The predicted octanol–water partition coefficient (Wildman–Crippen LogP) is 1.41. The van der Waals surface area contributed by atoms with Gasteiger partial charge in [0, 0.05) is 29.0 Å². The first-order valence-electron chi connectivity index (χ1n) is 6.63. The van der Waals surface area contributed by atoms with Crippen molar-refractivity contribution < 1.29 is 19.8 Å². The summed E-state index contributed by atoms with van der Waals surface area (Å²) in [6.45, 7) is 2.97. The zero-order chi connectivity index (χ0) is 16.0. The molecule has 1 aromatic rings. The Morgan fingerprint density at radius 3 is 2.38 bits per heavy atom. The van der Waals surface area contributed by atoms with Crippen LogP contribution >= 0.6 is 11.6 Å². The van der Waals surface area contributed by atoms with Gasteiger partial charge in [-0.25, -0.2) is 0 Å². The molecule has 0 saturated heterocycles. The van der Waals surface area contributed by atoms with Crippen LogP contribution in [0.15, 0.2) is 24.3 Å². The van der Waals surface area contributed by atoms with Crippen LogP contribution in [-0.4, -0.2) is 41.2 Å². The maximum Gasteiger partial charge on any atom is 0.249 e. The number of aliphatic hydroxyl groups excluding tert-OH is 2. The third-order valence-electron chi connectivity index (χ3n) is 3.21. The molecular formula is C15H20ClNO4. The molecule has 0 aliphatic heterocycles. The van der Waals surface area contributed by atoms with E-state index in [1.807, 2.05) is 0 Å². The van der Waals surface area contributed by atoms with Gasteiger partial charge in [0.15, 0.2) is 5.78 Å². The molecule has 5 nitrogen and oxygen atoms in total. The van der Waals surface area contributed by atoms with Crippen LogP contribution < -0.4 is 5.32 Å². The van der Waals surface area contributed by atoms with E-state index in [0.29, 0.717) is 10.6 Å². The number of ketones is 1. The van der Waals surface area contributed by atoms with Crippen molar-refractivity contribution in [3.8, 4) is 0 Å². The predicted molar refractivity (Wildman–Crippen MR) is 80.3 cm³/mol. The second-order valence-electron chi connectivity index (χ2n) is 5.52. The zero-order valence-corrected chi connectivity index (χ0v) is 12.9. The molecule has 0 saturated carbocycles. The number of carbonyl (C=O) groups excluding carboxylic acids is 2. The number of halogens is 1. The van der Waals surface area contributed by atoms with Crippen molar-refractivity contribution in [2.45, 2.75) is 26.4 Å². The quantitative estimate of drug-likeness (QED) is 0.664. The van der Waals surface area contributed by atoms with E-state index in [0.717, 1.165) is 0 Å². The second-order valence-corrected chi connectivity index (χ2v) is 5.96. The summed E-state index contributed by atoms with van der Waals surface area (Å²) in [6.07, 6.45) is -1.20. The molecule has 0 fully saturated rings. The normalized spacial score (nSPS) is 12.8. The van der Waals surface area contributed by atoms with Crippen molar-refractivity contribution in [3.63, 3.8) is 0 Å². The molecule has 116 valence electrons. The van der Waals surface area contributed by atoms with Gasteiger partial charge < -0.3 is 15.5 Å². The number of rotatable bonds is 7. The molecule has 1 rings (SSSR count). The van der Waals surface area contributed by atoms with Gasteiger partial charge in [-0.05, 0) is 24.3 Å². The highest BCUT2D eigenvalue weighted by atomic mass is 35.5. The van der Waals surface area contributed by atoms with Crippen LogP contribution in [0.5, 0.6) is 0 Å². The minimum Gasteiger partial charge on any atom is -0.396 e. The first-order chi connectivity index (χ1) is 9.77. The molecule has 0 radical (unpaired) electrons. The van der Waals surface area contributed by atoms with Crippen LogP contribution in [0.2, 0.25) is 5.02 Å². The molecule has 0 aliphatic carbocycles. The van der Waals surface area contributed by atoms with E-state index in [1.165, 1.54) is 0 Å². The Bertz CT molecular complexity index is 499. The number of carbonyl (C=O) groups is 2. The number of aliphatic hydroxyl groups is 2. The Labute approximate surface area is 128 Å². The summed E-state index contributed by atoms with van der Waals surface area (Å²) < 4.78 is 0. The fourth-order valence-corrected chi connectivity index (χ4v) is 1.74. The molecule has 0 aromatic heterocycles. The Kier molecular flexibility index (Phi) is 6.33. The van der Waals surface area contributed by atoms with Gasteiger partial charge in [0.25, 0.3) is 0 Å². The smallest absolute Gasteiger partial charge is 0.249 e. The molecule has 0 heterocycles. The van der Waals surface area contributed by atoms with E-state index < -0.39 is 17.4 Å². The van der Waals surface area contributed by atoms with Gasteiger partial charge in [-0.2, -0.15) is 0 Å². The van der Waals surface area contributed by atoms with Gasteiger partial charge in [0.1, 0.15) is 6.10 Å². The Morgan fingerprint density at radius 1 is 1.29 bits per heavy atom. The van der Waals surface area contributed by atoms with Crippen molar-refractivity contribution >= 4 is 23.3 Å². The summed E-state index contributed by atoms with van der Waals surface area (Å²) in [4.78, 5) is 23.6. The third-order valence-corrected chi connectivity index (χ3v) is 3.47. The average molecular weight is 314 g/mol. The summed E-state index contributed by atoms with van der Waals surface area (Å²) in [5, 5.41) is 21.9. The number of hydrogen-bond acceptors (Lipinski definition) is 4. The Balaban J connectivity index is 2.44. The van der Waals surface area contributed by atoms with Crippen molar-refractivity contribution in [1.29, 1.82) is 0 Å². The van der Waals surface area contributed by atoms with Gasteiger partial charge in [-0.15, -0.1) is 0 Å². The number of nitrogens with one attached hydrogen (secondary N) is 1. The molecule has 21 heavy (non-hydrogen) atoms. The lowest BCUT2D eigenvalue weighted by atomic mass is 9.87. The largest absolute Gasteiger partial charge is 0.396 e. The minimum absolute atomic E-state index is 0.122. The van der Waals surface area contributed by atoms with Crippen molar-refractivity contribution in [2.24, 2.45) is 5.41 Å². The number of Topliss-reactive ketones (excluding diaryl/α,β-unsaturated/α-hetero) is 1. The van der Waals surface area contributed by atoms with Crippen LogP contribution in [0.25, 0.3) is 0 Å². The van der Waals surface area contributed by atoms with Crippen molar-refractivity contribution in [3.05, 3.63) is 34.9 Å². The van der Waals surface area contributed by atoms with Gasteiger partial charge in [0.2, 0.25) is 5.91 Å². The monoisotopic (exact) mass is 313 g/mol. The summed E-state index contributed by atoms with van der Waals surface area (Å²) in [7, 11) is 0. The molecular weight excluding hydrogens is 294 g/mol. The van der Waals surface area contributed by atoms with Gasteiger partial charge in [-0.3, -0.25) is 9.59 Å². The number of amides is 1. The molecule has 1 unspecified atom stereocenters. The highest BCUT2D eigenvalue weighted by Crippen LogP contribution is 2.19. The summed E-state index contributed by atoms with van der Waals surface area (Å²) >= 11 is 5.74. The molecule has 1 atom stereocenters. The molecule has 1 aromatic carbocycles. The van der Waals surface area contributed by atoms with E-state index in [4.69, 9.17) is 16.7 Å². The summed E-state index contributed by atoms with van der Waals surface area (Å²) in [6, 6.07) is 6.49. The standard InChI is InChI=1S/C15H20ClNO4/c1-15(2,9-18)13(20)14(21)17-8-7-12(19)10-3-5-11(16)6-4-10/h3-6,13,18,20H,7-9H2,1-2H3,(H,17,21). The molecule has 0 bridgehead atoms. The van der Waals surface area contributed by atoms with Crippen LogP contribution in [-0.2, 0) is 4.79 Å². The minimum atomic E-state index is -1.33. The molecule has 3 N–H and O–H groups in total. The lowest BCUT2D eigenvalue weighted by molar-refractivity contribution is -0.137. The summed E-state index contributed by atoms with van der Waals surface area (Å²) in [5.74, 6) is -0.721. The van der Waals surface area contributed by atoms with Gasteiger partial charge >= 0.3 is 0 Å². The van der Waals surface area contributed by atoms with Crippen molar-refractivity contribution in [1.82, 2.24) is 5.32 Å². The van der Waals surface area contributed by atoms with Crippen LogP contribution in [0.4, 0.5) is 0 Å². The lowest BCUT2D eigenvalue weighted by Gasteiger charge is -2.27. The van der Waals surface area contributed by atoms with Crippen molar-refractivity contribution in [2.75, 3.05) is 13.2 Å². The first kappa shape index (κ1) is 17.6. The number of hydrogen-bond donors (Lipinski definition) is 3. The molecule has 0 spiro atoms. The topological polar surface area (TPSA) is 86.6 Å². The fourth-order valence-electron chi connectivity index (χ4n) is 1.62. The van der Waals surface area contributed by atoms with E-state index in [1.54, 1.807) is 38.1 Å². The number of benzene rings is 1. The maximum absolute atomic E-state index is 11.9. The van der Waals surface area contributed by atoms with E-state index >= 15 is 0 Å². The molecule has 1 amide bonds. The average Bonchev–Trinajstić information content (AvgIpc) is 2.46. The molecule has 0 aliphatic rings. The van der Waals surface area contributed by atoms with Crippen LogP contribution in [0.1, 0.15) is 30.6 Å². The van der Waals surface area contributed by atoms with Gasteiger partial charge in [0.05, 0.1) is 6.61 Å². The molecule has 6 heteroatoms. The Morgan fingerprint density at radius 2 is 1.86 bits per heavy atom. The van der Waals surface area contributed by atoms with E-state index in [9.17, 15) is 14.7 Å². The fraction of sp³-hybridized carbons (Fsp3) is 0.467. The zero-order valence-electron chi connectivity index (χ0n) is 12.1. The SMILES string of the molecule is CC(C)(CO)C(O)C(=O)NCCC(=O)c1ccc(Cl)cc1. The van der Waals surface area contributed by atoms with Crippen LogP contribution in [0, 0.1) is 5.41 Å². The van der Waals surface area contributed by atoms with E-state index in [2.05, 4.69) is 5.32 Å².